The van der Waals surface area contributed by atoms with Crippen LogP contribution in [0.15, 0.2) is 24.3 Å². The molecule has 0 aliphatic rings. The molecule has 20 heavy (non-hydrogen) atoms. The molecule has 1 aromatic rings. The summed E-state index contributed by atoms with van der Waals surface area (Å²) in [7, 11) is 0. The topological polar surface area (TPSA) is 69.6 Å². The van der Waals surface area contributed by atoms with Crippen LogP contribution in [0.3, 0.4) is 0 Å². The van der Waals surface area contributed by atoms with Gasteiger partial charge >= 0.3 is 5.97 Å². The van der Waals surface area contributed by atoms with Crippen LogP contribution >= 0.6 is 0 Å². The number of amides is 1. The number of nitrogens with zero attached hydrogens (tertiary/aromatic N) is 1. The predicted molar refractivity (Wildman–Crippen MR) is 78.1 cm³/mol. The Labute approximate surface area is 119 Å². The number of hydrogen-bond acceptors (Lipinski definition) is 3. The van der Waals surface area contributed by atoms with Gasteiger partial charge in [-0.05, 0) is 50.3 Å². The second kappa shape index (κ2) is 8.32. The van der Waals surface area contributed by atoms with Crippen LogP contribution in [-0.4, -0.2) is 48.1 Å². The highest BCUT2D eigenvalue weighted by Gasteiger charge is 2.07. The summed E-state index contributed by atoms with van der Waals surface area (Å²) in [4.78, 5) is 24.8. The van der Waals surface area contributed by atoms with Crippen molar-refractivity contribution in [2.45, 2.75) is 20.3 Å². The maximum atomic E-state index is 11.8. The fraction of sp³-hybridized carbons (Fsp3) is 0.467. The SMILES string of the molecule is CCN(CC)CCCNC(=O)c1ccc(C(=O)O)cc1. The molecule has 0 aliphatic heterocycles. The van der Waals surface area contributed by atoms with Crippen molar-refractivity contribution in [2.24, 2.45) is 0 Å². The molecule has 0 fully saturated rings. The van der Waals surface area contributed by atoms with Crippen LogP contribution in [0, 0.1) is 0 Å². The van der Waals surface area contributed by atoms with E-state index in [0.717, 1.165) is 26.1 Å². The minimum absolute atomic E-state index is 0.165. The Morgan fingerprint density at radius 3 is 2.15 bits per heavy atom. The zero-order valence-electron chi connectivity index (χ0n) is 12.1. The van der Waals surface area contributed by atoms with Crippen LogP contribution < -0.4 is 5.32 Å². The number of carboxylic acid groups (broad SMARTS) is 1. The molecule has 0 aromatic heterocycles. The standard InChI is InChI=1S/C15H22N2O3/c1-3-17(4-2)11-5-10-16-14(18)12-6-8-13(9-7-12)15(19)20/h6-9H,3-5,10-11H2,1-2H3,(H,16,18)(H,19,20). The maximum Gasteiger partial charge on any atom is 0.335 e. The van der Waals surface area contributed by atoms with Crippen molar-refractivity contribution < 1.29 is 14.7 Å². The Bertz CT molecular complexity index is 439. The maximum absolute atomic E-state index is 11.8. The van der Waals surface area contributed by atoms with Gasteiger partial charge in [-0.1, -0.05) is 13.8 Å². The number of carboxylic acids is 1. The summed E-state index contributed by atoms with van der Waals surface area (Å²) in [6.07, 6.45) is 0.903. The van der Waals surface area contributed by atoms with Gasteiger partial charge in [-0.25, -0.2) is 4.79 Å². The summed E-state index contributed by atoms with van der Waals surface area (Å²) in [6.45, 7) is 7.85. The molecule has 0 saturated heterocycles. The second-order valence-electron chi connectivity index (χ2n) is 4.52. The lowest BCUT2D eigenvalue weighted by Gasteiger charge is -2.17. The first-order valence-corrected chi connectivity index (χ1v) is 6.92. The zero-order valence-corrected chi connectivity index (χ0v) is 12.1. The first-order valence-electron chi connectivity index (χ1n) is 6.92. The Morgan fingerprint density at radius 1 is 1.10 bits per heavy atom. The molecule has 0 saturated carbocycles. The van der Waals surface area contributed by atoms with Crippen molar-refractivity contribution in [1.29, 1.82) is 0 Å². The van der Waals surface area contributed by atoms with E-state index in [1.807, 2.05) is 0 Å². The second-order valence-corrected chi connectivity index (χ2v) is 4.52. The van der Waals surface area contributed by atoms with E-state index in [1.54, 1.807) is 0 Å². The Kier molecular flexibility index (Phi) is 6.73. The zero-order chi connectivity index (χ0) is 15.0. The molecule has 5 nitrogen and oxygen atoms in total. The summed E-state index contributed by atoms with van der Waals surface area (Å²) in [5, 5.41) is 11.6. The average Bonchev–Trinajstić information content (AvgIpc) is 2.47. The van der Waals surface area contributed by atoms with Crippen molar-refractivity contribution in [2.75, 3.05) is 26.2 Å². The van der Waals surface area contributed by atoms with Gasteiger partial charge in [-0.3, -0.25) is 4.79 Å². The van der Waals surface area contributed by atoms with Crippen LogP contribution in [0.25, 0.3) is 0 Å². The van der Waals surface area contributed by atoms with E-state index in [-0.39, 0.29) is 11.5 Å². The number of carbonyl (C=O) groups excluding carboxylic acids is 1. The van der Waals surface area contributed by atoms with Gasteiger partial charge in [-0.15, -0.1) is 0 Å². The molecule has 2 N–H and O–H groups in total. The van der Waals surface area contributed by atoms with Crippen LogP contribution in [0.2, 0.25) is 0 Å². The highest BCUT2D eigenvalue weighted by Crippen LogP contribution is 2.04. The molecule has 0 radical (unpaired) electrons. The van der Waals surface area contributed by atoms with Crippen LogP contribution in [0.1, 0.15) is 41.0 Å². The third-order valence-corrected chi connectivity index (χ3v) is 3.23. The van der Waals surface area contributed by atoms with Gasteiger partial charge in [0.2, 0.25) is 0 Å². The van der Waals surface area contributed by atoms with Crippen molar-refractivity contribution in [3.8, 4) is 0 Å². The Balaban J connectivity index is 2.37. The van der Waals surface area contributed by atoms with Crippen molar-refractivity contribution >= 4 is 11.9 Å². The number of carbonyl (C=O) groups is 2. The normalized spacial score (nSPS) is 10.6. The van der Waals surface area contributed by atoms with E-state index < -0.39 is 5.97 Å². The van der Waals surface area contributed by atoms with Gasteiger partial charge in [-0.2, -0.15) is 0 Å². The molecule has 1 rings (SSSR count). The van der Waals surface area contributed by atoms with Crippen LogP contribution in [0.5, 0.6) is 0 Å². The van der Waals surface area contributed by atoms with E-state index in [2.05, 4.69) is 24.1 Å². The molecule has 5 heteroatoms. The first kappa shape index (κ1) is 16.2. The molecule has 0 atom stereocenters. The summed E-state index contributed by atoms with van der Waals surface area (Å²) in [5.74, 6) is -1.15. The summed E-state index contributed by atoms with van der Waals surface area (Å²) < 4.78 is 0. The average molecular weight is 278 g/mol. The van der Waals surface area contributed by atoms with E-state index in [0.29, 0.717) is 12.1 Å². The van der Waals surface area contributed by atoms with Gasteiger partial charge < -0.3 is 15.3 Å². The van der Waals surface area contributed by atoms with Crippen molar-refractivity contribution in [3.05, 3.63) is 35.4 Å². The van der Waals surface area contributed by atoms with Gasteiger partial charge in [0.1, 0.15) is 0 Å². The Morgan fingerprint density at radius 2 is 1.65 bits per heavy atom. The van der Waals surface area contributed by atoms with Crippen molar-refractivity contribution in [3.63, 3.8) is 0 Å². The molecule has 0 bridgehead atoms. The van der Waals surface area contributed by atoms with Gasteiger partial charge in [0.15, 0.2) is 0 Å². The first-order chi connectivity index (χ1) is 9.58. The smallest absolute Gasteiger partial charge is 0.335 e. The molecule has 0 unspecified atom stereocenters. The fourth-order valence-electron chi connectivity index (χ4n) is 1.91. The summed E-state index contributed by atoms with van der Waals surface area (Å²) in [6, 6.07) is 5.94. The number of hydrogen-bond donors (Lipinski definition) is 2. The number of benzene rings is 1. The molecule has 0 spiro atoms. The number of rotatable bonds is 8. The van der Waals surface area contributed by atoms with E-state index in [1.165, 1.54) is 24.3 Å². The minimum atomic E-state index is -0.990. The number of nitrogens with one attached hydrogen (secondary N) is 1. The molecule has 110 valence electrons. The molecule has 0 aliphatic carbocycles. The lowest BCUT2D eigenvalue weighted by molar-refractivity contribution is 0.0696. The highest BCUT2D eigenvalue weighted by molar-refractivity contribution is 5.95. The lowest BCUT2D eigenvalue weighted by Crippen LogP contribution is -2.29. The summed E-state index contributed by atoms with van der Waals surface area (Å²) in [5.41, 5.74) is 0.668. The largest absolute Gasteiger partial charge is 0.478 e. The Hall–Kier alpha value is -1.88. The highest BCUT2D eigenvalue weighted by atomic mass is 16.4. The molecule has 1 aromatic carbocycles. The molecule has 0 heterocycles. The quantitative estimate of drug-likeness (QED) is 0.712. The predicted octanol–water partition coefficient (Wildman–Crippen LogP) is 1.85. The third-order valence-electron chi connectivity index (χ3n) is 3.23. The lowest BCUT2D eigenvalue weighted by atomic mass is 10.1. The molecular formula is C15H22N2O3. The molecular weight excluding hydrogens is 256 g/mol. The van der Waals surface area contributed by atoms with E-state index >= 15 is 0 Å². The van der Waals surface area contributed by atoms with Gasteiger partial charge in [0.05, 0.1) is 5.56 Å². The van der Waals surface area contributed by atoms with Gasteiger partial charge in [0.25, 0.3) is 5.91 Å². The van der Waals surface area contributed by atoms with Crippen molar-refractivity contribution in [1.82, 2.24) is 10.2 Å². The van der Waals surface area contributed by atoms with Gasteiger partial charge in [0, 0.05) is 12.1 Å². The summed E-state index contributed by atoms with van der Waals surface area (Å²) >= 11 is 0. The van der Waals surface area contributed by atoms with E-state index in [9.17, 15) is 9.59 Å². The third kappa shape index (κ3) is 5.01. The van der Waals surface area contributed by atoms with Crippen LogP contribution in [0.4, 0.5) is 0 Å². The van der Waals surface area contributed by atoms with Crippen LogP contribution in [-0.2, 0) is 0 Å². The fourth-order valence-corrected chi connectivity index (χ4v) is 1.91. The monoisotopic (exact) mass is 278 g/mol. The minimum Gasteiger partial charge on any atom is -0.478 e. The molecule has 1 amide bonds. The van der Waals surface area contributed by atoms with E-state index in [4.69, 9.17) is 5.11 Å². The number of aromatic carboxylic acids is 1.